The van der Waals surface area contributed by atoms with Crippen molar-refractivity contribution in [3.8, 4) is 0 Å². The number of hydrogen-bond donors (Lipinski definition) is 0. The zero-order valence-electron chi connectivity index (χ0n) is 9.69. The molecule has 0 aromatic rings. The van der Waals surface area contributed by atoms with Gasteiger partial charge in [0.2, 0.25) is 0 Å². The molecule has 0 bridgehead atoms. The van der Waals surface area contributed by atoms with Crippen LogP contribution in [-0.2, 0) is 23.8 Å². The van der Waals surface area contributed by atoms with Crippen LogP contribution in [0, 0.1) is 0 Å². The van der Waals surface area contributed by atoms with Gasteiger partial charge in [-0.2, -0.15) is 0 Å². The molecule has 90 valence electrons. The van der Waals surface area contributed by atoms with Gasteiger partial charge in [0.25, 0.3) is 0 Å². The van der Waals surface area contributed by atoms with Crippen molar-refractivity contribution in [2.45, 2.75) is 33.0 Å². The fraction of sp³-hybridized carbons (Fsp3) is 0.636. The summed E-state index contributed by atoms with van der Waals surface area (Å²) in [5.41, 5.74) is -0.0851. The molecule has 1 aliphatic heterocycles. The minimum atomic E-state index is -0.663. The Balaban J connectivity index is 2.72. The molecule has 0 aromatic carbocycles. The maximum absolute atomic E-state index is 11.5. The van der Waals surface area contributed by atoms with Crippen LogP contribution in [0.15, 0.2) is 11.6 Å². The maximum atomic E-state index is 11.5. The second-order valence-corrected chi connectivity index (χ2v) is 3.33. The standard InChI is InChI=1S/C11H16O5/c1-4-14-10(12)8(11(13)15-5-2)6-9-7(3)16-9/h6-7,9H,4-5H2,1-3H3/t7-,9-/m0/s1. The third-order valence-corrected chi connectivity index (χ3v) is 2.08. The van der Waals surface area contributed by atoms with Gasteiger partial charge in [-0.25, -0.2) is 9.59 Å². The molecule has 1 rings (SSSR count). The Bertz CT molecular complexity index is 287. The van der Waals surface area contributed by atoms with Crippen LogP contribution in [0.5, 0.6) is 0 Å². The van der Waals surface area contributed by atoms with E-state index in [-0.39, 0.29) is 31.0 Å². The Labute approximate surface area is 94.4 Å². The van der Waals surface area contributed by atoms with Crippen LogP contribution in [-0.4, -0.2) is 37.4 Å². The lowest BCUT2D eigenvalue weighted by molar-refractivity contribution is -0.146. The zero-order chi connectivity index (χ0) is 12.1. The van der Waals surface area contributed by atoms with Gasteiger partial charge in [0, 0.05) is 0 Å². The largest absolute Gasteiger partial charge is 0.462 e. The van der Waals surface area contributed by atoms with Gasteiger partial charge in [-0.15, -0.1) is 0 Å². The average Bonchev–Trinajstić information content (AvgIpc) is 2.91. The molecule has 0 aliphatic carbocycles. The molecule has 2 atom stereocenters. The van der Waals surface area contributed by atoms with Gasteiger partial charge in [0.15, 0.2) is 0 Å². The quantitative estimate of drug-likeness (QED) is 0.229. The summed E-state index contributed by atoms with van der Waals surface area (Å²) in [5.74, 6) is -1.33. The van der Waals surface area contributed by atoms with Crippen LogP contribution in [0.2, 0.25) is 0 Å². The van der Waals surface area contributed by atoms with Crippen molar-refractivity contribution in [2.24, 2.45) is 0 Å². The van der Waals surface area contributed by atoms with Crippen LogP contribution in [0.3, 0.4) is 0 Å². The van der Waals surface area contributed by atoms with Crippen molar-refractivity contribution in [1.82, 2.24) is 0 Å². The Morgan fingerprint density at radius 2 is 1.62 bits per heavy atom. The zero-order valence-corrected chi connectivity index (χ0v) is 9.69. The van der Waals surface area contributed by atoms with Crippen molar-refractivity contribution < 1.29 is 23.8 Å². The first kappa shape index (κ1) is 12.7. The number of ether oxygens (including phenoxy) is 3. The van der Waals surface area contributed by atoms with Gasteiger partial charge in [0.05, 0.1) is 19.3 Å². The van der Waals surface area contributed by atoms with Gasteiger partial charge in [-0.1, -0.05) is 0 Å². The summed E-state index contributed by atoms with van der Waals surface area (Å²) < 4.78 is 14.7. The van der Waals surface area contributed by atoms with E-state index in [9.17, 15) is 9.59 Å². The molecule has 5 heteroatoms. The second kappa shape index (κ2) is 5.65. The van der Waals surface area contributed by atoms with Gasteiger partial charge in [0.1, 0.15) is 11.7 Å². The molecule has 0 amide bonds. The summed E-state index contributed by atoms with van der Waals surface area (Å²) >= 11 is 0. The first-order chi connectivity index (χ1) is 7.60. The fourth-order valence-corrected chi connectivity index (χ4v) is 1.18. The normalized spacial score (nSPS) is 22.2. The van der Waals surface area contributed by atoms with Gasteiger partial charge < -0.3 is 14.2 Å². The molecule has 0 spiro atoms. The highest BCUT2D eigenvalue weighted by Crippen LogP contribution is 2.24. The molecule has 1 saturated heterocycles. The predicted molar refractivity (Wildman–Crippen MR) is 55.7 cm³/mol. The highest BCUT2D eigenvalue weighted by Gasteiger charge is 2.35. The lowest BCUT2D eigenvalue weighted by Gasteiger charge is -2.05. The topological polar surface area (TPSA) is 65.1 Å². The third-order valence-electron chi connectivity index (χ3n) is 2.08. The van der Waals surface area contributed by atoms with E-state index in [4.69, 9.17) is 14.2 Å². The van der Waals surface area contributed by atoms with Crippen molar-refractivity contribution >= 4 is 11.9 Å². The first-order valence-electron chi connectivity index (χ1n) is 5.31. The minimum absolute atomic E-state index is 0.0406. The minimum Gasteiger partial charge on any atom is -0.462 e. The van der Waals surface area contributed by atoms with E-state index in [1.807, 2.05) is 6.92 Å². The summed E-state index contributed by atoms with van der Waals surface area (Å²) in [6.07, 6.45) is 1.31. The van der Waals surface area contributed by atoms with Crippen LogP contribution in [0.4, 0.5) is 0 Å². The van der Waals surface area contributed by atoms with Gasteiger partial charge in [-0.05, 0) is 26.8 Å². The van der Waals surface area contributed by atoms with Crippen LogP contribution >= 0.6 is 0 Å². The maximum Gasteiger partial charge on any atom is 0.345 e. The van der Waals surface area contributed by atoms with E-state index in [2.05, 4.69) is 0 Å². The number of rotatable bonds is 5. The molecule has 0 unspecified atom stereocenters. The Kier molecular flexibility index (Phi) is 4.49. The number of hydrogen-bond acceptors (Lipinski definition) is 5. The predicted octanol–water partition coefficient (Wildman–Crippen LogP) is 0.826. The van der Waals surface area contributed by atoms with Crippen LogP contribution in [0.1, 0.15) is 20.8 Å². The molecule has 0 saturated carbocycles. The van der Waals surface area contributed by atoms with Crippen LogP contribution in [0.25, 0.3) is 0 Å². The molecule has 1 aliphatic rings. The van der Waals surface area contributed by atoms with Gasteiger partial charge in [-0.3, -0.25) is 0 Å². The van der Waals surface area contributed by atoms with Crippen molar-refractivity contribution in [3.05, 3.63) is 11.6 Å². The molecular weight excluding hydrogens is 212 g/mol. The van der Waals surface area contributed by atoms with E-state index in [1.54, 1.807) is 13.8 Å². The van der Waals surface area contributed by atoms with E-state index >= 15 is 0 Å². The highest BCUT2D eigenvalue weighted by atomic mass is 16.6. The van der Waals surface area contributed by atoms with E-state index in [0.717, 1.165) is 0 Å². The number of epoxide rings is 1. The molecule has 0 radical (unpaired) electrons. The van der Waals surface area contributed by atoms with E-state index in [1.165, 1.54) is 6.08 Å². The Morgan fingerprint density at radius 1 is 1.19 bits per heavy atom. The molecule has 1 heterocycles. The molecule has 0 N–H and O–H groups in total. The summed E-state index contributed by atoms with van der Waals surface area (Å²) in [5, 5.41) is 0. The lowest BCUT2D eigenvalue weighted by atomic mass is 10.2. The molecule has 5 nitrogen and oxygen atoms in total. The summed E-state index contributed by atoms with van der Waals surface area (Å²) in [7, 11) is 0. The van der Waals surface area contributed by atoms with Crippen molar-refractivity contribution in [1.29, 1.82) is 0 Å². The smallest absolute Gasteiger partial charge is 0.345 e. The Morgan fingerprint density at radius 3 is 1.94 bits per heavy atom. The fourth-order valence-electron chi connectivity index (χ4n) is 1.18. The monoisotopic (exact) mass is 228 g/mol. The average molecular weight is 228 g/mol. The summed E-state index contributed by atoms with van der Waals surface area (Å²) in [6, 6.07) is 0. The molecule has 16 heavy (non-hydrogen) atoms. The number of carbonyl (C=O) groups is 2. The highest BCUT2D eigenvalue weighted by molar-refractivity contribution is 6.14. The van der Waals surface area contributed by atoms with Crippen molar-refractivity contribution in [2.75, 3.05) is 13.2 Å². The second-order valence-electron chi connectivity index (χ2n) is 3.33. The summed E-state index contributed by atoms with van der Waals surface area (Å²) in [4.78, 5) is 23.0. The number of carbonyl (C=O) groups excluding carboxylic acids is 2. The molecular formula is C11H16O5. The third kappa shape index (κ3) is 3.34. The number of esters is 2. The first-order valence-corrected chi connectivity index (χ1v) is 5.31. The van der Waals surface area contributed by atoms with E-state index < -0.39 is 11.9 Å². The molecule has 0 aromatic heterocycles. The molecule has 1 fully saturated rings. The van der Waals surface area contributed by atoms with Gasteiger partial charge >= 0.3 is 11.9 Å². The summed E-state index contributed by atoms with van der Waals surface area (Å²) in [6.45, 7) is 5.65. The SMILES string of the molecule is CCOC(=O)C(=C[C@@H]1O[C@H]1C)C(=O)OCC. The lowest BCUT2D eigenvalue weighted by Crippen LogP contribution is -2.19. The van der Waals surface area contributed by atoms with E-state index in [0.29, 0.717) is 0 Å². The van der Waals surface area contributed by atoms with Crippen LogP contribution < -0.4 is 0 Å². The Hall–Kier alpha value is -1.36. The van der Waals surface area contributed by atoms with Crippen molar-refractivity contribution in [3.63, 3.8) is 0 Å².